The van der Waals surface area contributed by atoms with E-state index >= 15 is 0 Å². The van der Waals surface area contributed by atoms with Crippen LogP contribution in [0.5, 0.6) is 0 Å². The Morgan fingerprint density at radius 2 is 1.14 bits per heavy atom. The van der Waals surface area contributed by atoms with Crippen LogP contribution in [0, 0.1) is 0 Å². The van der Waals surface area contributed by atoms with Crippen molar-refractivity contribution in [1.82, 2.24) is 0 Å². The van der Waals surface area contributed by atoms with Gasteiger partial charge in [0.2, 0.25) is 23.1 Å². The van der Waals surface area contributed by atoms with Gasteiger partial charge in [0.05, 0.1) is 23.5 Å². The molecule has 0 aliphatic heterocycles. The third-order valence-corrected chi connectivity index (χ3v) is 14.0. The first-order valence-electron chi connectivity index (χ1n) is 13.7. The maximum Gasteiger partial charge on any atom is 0.234 e. The van der Waals surface area contributed by atoms with Gasteiger partial charge in [0.1, 0.15) is 0 Å². The minimum atomic E-state index is -0.442. The third kappa shape index (κ3) is 3.29. The SMILES string of the molecule is CC1(C)C(/C=C2\C(=O)C(=O)c3ccccc32)=Cc2sc3c(sc4c5sc(/C=C6\C(=O)C(=O)c7ccccc76)cc5sc34)c21. The van der Waals surface area contributed by atoms with Crippen molar-refractivity contribution in [1.29, 1.82) is 0 Å². The fraction of sp³-hybridized carbons (Fsp3) is 0.0857. The minimum Gasteiger partial charge on any atom is -0.285 e. The molecule has 0 amide bonds. The van der Waals surface area contributed by atoms with Gasteiger partial charge < -0.3 is 0 Å². The standard InChI is InChI=1S/C35H18O4S4/c1-35(2)15(11-21-17-7-3-5-9-19(17)26(36)28(21)38)12-23-25(35)31-33(41-23)34-32(43-31)30-24(42-34)14-16(40-30)13-22-18-8-4-6-10-20(18)27(37)29(22)39/h3-14H,1-2H3/b21-11-,22-13-. The normalized spacial score (nSPS) is 19.1. The average Bonchev–Trinajstić information content (AvgIpc) is 3.82. The van der Waals surface area contributed by atoms with Gasteiger partial charge in [-0.05, 0) is 46.6 Å². The van der Waals surface area contributed by atoms with Crippen molar-refractivity contribution < 1.29 is 19.2 Å². The summed E-state index contributed by atoms with van der Waals surface area (Å²) >= 11 is 7.03. The molecule has 0 fully saturated rings. The van der Waals surface area contributed by atoms with E-state index in [0.29, 0.717) is 33.4 Å². The van der Waals surface area contributed by atoms with E-state index < -0.39 is 23.1 Å². The zero-order valence-electron chi connectivity index (χ0n) is 22.7. The molecule has 0 spiro atoms. The monoisotopic (exact) mass is 630 g/mol. The highest BCUT2D eigenvalue weighted by Crippen LogP contribution is 2.57. The zero-order chi connectivity index (χ0) is 29.4. The van der Waals surface area contributed by atoms with Crippen molar-refractivity contribution in [2.75, 3.05) is 0 Å². The lowest BCUT2D eigenvalue weighted by Crippen LogP contribution is -2.16. The van der Waals surface area contributed by atoms with Crippen molar-refractivity contribution in [2.45, 2.75) is 19.3 Å². The Balaban J connectivity index is 1.14. The van der Waals surface area contributed by atoms with Crippen LogP contribution in [0.25, 0.3) is 51.5 Å². The van der Waals surface area contributed by atoms with Crippen LogP contribution in [0.4, 0.5) is 0 Å². The highest BCUT2D eigenvalue weighted by molar-refractivity contribution is 7.44. The van der Waals surface area contributed by atoms with Crippen LogP contribution in [0.2, 0.25) is 0 Å². The van der Waals surface area contributed by atoms with E-state index in [9.17, 15) is 19.2 Å². The van der Waals surface area contributed by atoms with Crippen LogP contribution in [-0.2, 0) is 15.0 Å². The van der Waals surface area contributed by atoms with E-state index in [2.05, 4.69) is 26.0 Å². The predicted octanol–water partition coefficient (Wildman–Crippen LogP) is 9.22. The number of hydrogen-bond acceptors (Lipinski definition) is 8. The molecule has 4 heterocycles. The fourth-order valence-electron chi connectivity index (χ4n) is 6.51. The van der Waals surface area contributed by atoms with Gasteiger partial charge in [0.25, 0.3) is 0 Å². The largest absolute Gasteiger partial charge is 0.285 e. The van der Waals surface area contributed by atoms with E-state index in [1.807, 2.05) is 36.4 Å². The molecule has 0 radical (unpaired) electrons. The summed E-state index contributed by atoms with van der Waals surface area (Å²) in [6, 6.07) is 16.6. The van der Waals surface area contributed by atoms with E-state index in [1.165, 1.54) is 38.6 Å². The van der Waals surface area contributed by atoms with Crippen molar-refractivity contribution in [3.63, 3.8) is 0 Å². The summed E-state index contributed by atoms with van der Waals surface area (Å²) in [6.07, 6.45) is 5.97. The molecule has 0 saturated carbocycles. The molecule has 0 saturated heterocycles. The van der Waals surface area contributed by atoms with Crippen molar-refractivity contribution in [2.24, 2.45) is 0 Å². The van der Waals surface area contributed by atoms with Gasteiger partial charge in [-0.15, -0.1) is 45.3 Å². The zero-order valence-corrected chi connectivity index (χ0v) is 26.0. The average molecular weight is 631 g/mol. The first-order chi connectivity index (χ1) is 20.7. The molecule has 0 bridgehead atoms. The van der Waals surface area contributed by atoms with Crippen LogP contribution < -0.4 is 0 Å². The molecule has 9 rings (SSSR count). The number of carbonyl (C=O) groups is 4. The number of fused-ring (bicyclic) bond motifs is 9. The summed E-state index contributed by atoms with van der Waals surface area (Å²) < 4.78 is 7.48. The van der Waals surface area contributed by atoms with Gasteiger partial charge in [0.15, 0.2) is 0 Å². The highest BCUT2D eigenvalue weighted by atomic mass is 32.1. The second kappa shape index (κ2) is 8.51. The second-order valence-corrected chi connectivity index (χ2v) is 15.7. The summed E-state index contributed by atoms with van der Waals surface area (Å²) in [6.45, 7) is 4.38. The Labute approximate surface area is 260 Å². The number of rotatable bonds is 2. The Kier molecular flexibility index (Phi) is 5.03. The molecule has 206 valence electrons. The minimum absolute atomic E-state index is 0.332. The molecule has 6 aromatic rings. The van der Waals surface area contributed by atoms with Crippen molar-refractivity contribution in [3.8, 4) is 0 Å². The van der Waals surface area contributed by atoms with Gasteiger partial charge in [-0.25, -0.2) is 0 Å². The van der Waals surface area contributed by atoms with Gasteiger partial charge in [0, 0.05) is 42.1 Å². The van der Waals surface area contributed by atoms with Crippen molar-refractivity contribution in [3.05, 3.63) is 104 Å². The van der Waals surface area contributed by atoms with Crippen LogP contribution >= 0.6 is 45.3 Å². The molecule has 8 heteroatoms. The molecule has 4 nitrogen and oxygen atoms in total. The smallest absolute Gasteiger partial charge is 0.234 e. The summed E-state index contributed by atoms with van der Waals surface area (Å²) in [4.78, 5) is 52.9. The lowest BCUT2D eigenvalue weighted by molar-refractivity contribution is -0.110. The first-order valence-corrected chi connectivity index (χ1v) is 16.9. The molecular formula is C35H18O4S4. The Bertz CT molecular complexity index is 2450. The quantitative estimate of drug-likeness (QED) is 0.141. The molecule has 4 aromatic heterocycles. The Hall–Kier alpha value is -4.08. The van der Waals surface area contributed by atoms with E-state index in [1.54, 1.807) is 69.6 Å². The van der Waals surface area contributed by atoms with Crippen LogP contribution in [0.1, 0.15) is 61.0 Å². The molecule has 0 N–H and O–H groups in total. The summed E-state index contributed by atoms with van der Waals surface area (Å²) in [5.41, 5.74) is 5.30. The molecule has 0 atom stereocenters. The maximum absolute atomic E-state index is 12.9. The first kappa shape index (κ1) is 25.4. The summed E-state index contributed by atoms with van der Waals surface area (Å²) in [5.74, 6) is -1.75. The number of benzene rings is 2. The lowest BCUT2D eigenvalue weighted by atomic mass is 9.81. The molecular weight excluding hydrogens is 613 g/mol. The Morgan fingerprint density at radius 3 is 1.79 bits per heavy atom. The fourth-order valence-corrected chi connectivity index (χ4v) is 12.6. The second-order valence-electron chi connectivity index (χ2n) is 11.5. The number of allylic oxidation sites excluding steroid dienone is 4. The molecule has 3 aliphatic rings. The van der Waals surface area contributed by atoms with Gasteiger partial charge in [-0.3, -0.25) is 19.2 Å². The number of Topliss-reactive ketones (excluding diaryl/α,β-unsaturated/α-hetero) is 4. The molecule has 43 heavy (non-hydrogen) atoms. The van der Waals surface area contributed by atoms with E-state index in [-0.39, 0.29) is 5.41 Å². The van der Waals surface area contributed by atoms with Crippen molar-refractivity contribution >= 4 is 120 Å². The summed E-state index contributed by atoms with van der Waals surface area (Å²) in [7, 11) is 0. The Morgan fingerprint density at radius 1 is 0.581 bits per heavy atom. The van der Waals surface area contributed by atoms with E-state index in [4.69, 9.17) is 0 Å². The number of ketones is 4. The maximum atomic E-state index is 12.9. The van der Waals surface area contributed by atoms with Crippen LogP contribution in [-0.4, -0.2) is 23.1 Å². The molecule has 2 aromatic carbocycles. The number of hydrogen-bond donors (Lipinski definition) is 0. The number of carbonyl (C=O) groups excluding carboxylic acids is 4. The van der Waals surface area contributed by atoms with E-state index in [0.717, 1.165) is 10.5 Å². The molecule has 0 unspecified atom stereocenters. The predicted molar refractivity (Wildman–Crippen MR) is 179 cm³/mol. The van der Waals surface area contributed by atoms with Gasteiger partial charge in [-0.2, -0.15) is 0 Å². The topological polar surface area (TPSA) is 68.3 Å². The number of thiophene rings is 4. The van der Waals surface area contributed by atoms with Crippen LogP contribution in [0.3, 0.4) is 0 Å². The summed E-state index contributed by atoms with van der Waals surface area (Å²) in [5, 5.41) is 0. The highest BCUT2D eigenvalue weighted by Gasteiger charge is 2.40. The molecule has 3 aliphatic carbocycles. The van der Waals surface area contributed by atoms with Crippen LogP contribution in [0.15, 0.2) is 66.2 Å². The lowest BCUT2D eigenvalue weighted by Gasteiger charge is -2.22. The van der Waals surface area contributed by atoms with Gasteiger partial charge in [-0.1, -0.05) is 62.4 Å². The third-order valence-electron chi connectivity index (χ3n) is 8.69. The van der Waals surface area contributed by atoms with Gasteiger partial charge >= 0.3 is 0 Å².